The van der Waals surface area contributed by atoms with E-state index in [0.717, 1.165) is 17.3 Å². The molecule has 72 valence electrons. The number of nitriles is 1. The molecule has 0 saturated heterocycles. The van der Waals surface area contributed by atoms with Gasteiger partial charge in [-0.25, -0.2) is 0 Å². The lowest BCUT2D eigenvalue weighted by Crippen LogP contribution is -2.04. The van der Waals surface area contributed by atoms with Gasteiger partial charge < -0.3 is 5.32 Å². The van der Waals surface area contributed by atoms with Crippen LogP contribution in [0.1, 0.15) is 19.0 Å². The van der Waals surface area contributed by atoms with Crippen molar-refractivity contribution in [1.29, 1.82) is 5.26 Å². The maximum absolute atomic E-state index is 8.54. The highest BCUT2D eigenvalue weighted by Gasteiger charge is 2.32. The topological polar surface area (TPSA) is 48.7 Å². The first kappa shape index (κ1) is 9.01. The molecular formula is C11H13N3. The number of hydrogen-bond acceptors (Lipinski definition) is 3. The van der Waals surface area contributed by atoms with Gasteiger partial charge in [-0.15, -0.1) is 0 Å². The smallest absolute Gasteiger partial charge is 0.0775 e. The predicted octanol–water partition coefficient (Wildman–Crippen LogP) is 1.97. The zero-order chi connectivity index (χ0) is 9.97. The average molecular weight is 187 g/mol. The second kappa shape index (κ2) is 3.67. The molecule has 1 heterocycles. The third-order valence-electron chi connectivity index (χ3n) is 2.54. The highest BCUT2D eigenvalue weighted by molar-refractivity contribution is 5.45. The molecule has 0 amide bonds. The number of rotatable bonds is 3. The fourth-order valence-corrected chi connectivity index (χ4v) is 1.48. The number of nitrogens with zero attached hydrogens (tertiary/aromatic N) is 2. The van der Waals surface area contributed by atoms with Crippen molar-refractivity contribution < 1.29 is 0 Å². The molecule has 0 unspecified atom stereocenters. The molecule has 0 spiro atoms. The average Bonchev–Trinajstić information content (AvgIpc) is 2.83. The number of hydrogen-bond donors (Lipinski definition) is 1. The summed E-state index contributed by atoms with van der Waals surface area (Å²) in [6.45, 7) is 2.23. The van der Waals surface area contributed by atoms with E-state index in [1.54, 1.807) is 6.20 Å². The van der Waals surface area contributed by atoms with E-state index in [0.29, 0.717) is 12.5 Å². The van der Waals surface area contributed by atoms with Crippen molar-refractivity contribution in [2.24, 2.45) is 5.92 Å². The second-order valence-electron chi connectivity index (χ2n) is 3.83. The minimum absolute atomic E-state index is 0.385. The Morgan fingerprint density at radius 3 is 3.14 bits per heavy atom. The van der Waals surface area contributed by atoms with Crippen LogP contribution in [0, 0.1) is 17.2 Å². The monoisotopic (exact) mass is 187 g/mol. The first-order valence-corrected chi connectivity index (χ1v) is 4.88. The SMILES string of the molecule is C[C@@H]1C[C@H]1Nc1ccnc(CC#N)c1. The minimum atomic E-state index is 0.385. The molecule has 1 aromatic heterocycles. The minimum Gasteiger partial charge on any atom is -0.382 e. The Kier molecular flexibility index (Phi) is 2.36. The fraction of sp³-hybridized carbons (Fsp3) is 0.455. The van der Waals surface area contributed by atoms with Crippen molar-refractivity contribution in [3.8, 4) is 6.07 Å². The summed E-state index contributed by atoms with van der Waals surface area (Å²) in [7, 11) is 0. The van der Waals surface area contributed by atoms with E-state index in [4.69, 9.17) is 5.26 Å². The van der Waals surface area contributed by atoms with Crippen LogP contribution in [0.4, 0.5) is 5.69 Å². The largest absolute Gasteiger partial charge is 0.382 e. The van der Waals surface area contributed by atoms with Gasteiger partial charge in [0, 0.05) is 17.9 Å². The molecule has 1 aliphatic carbocycles. The molecule has 0 bridgehead atoms. The van der Waals surface area contributed by atoms with E-state index in [1.807, 2.05) is 12.1 Å². The highest BCUT2D eigenvalue weighted by Crippen LogP contribution is 2.32. The van der Waals surface area contributed by atoms with Crippen molar-refractivity contribution in [3.63, 3.8) is 0 Å². The Morgan fingerprint density at radius 2 is 2.50 bits per heavy atom. The van der Waals surface area contributed by atoms with Crippen molar-refractivity contribution in [3.05, 3.63) is 24.0 Å². The van der Waals surface area contributed by atoms with Gasteiger partial charge in [-0.2, -0.15) is 5.26 Å². The van der Waals surface area contributed by atoms with E-state index in [9.17, 15) is 0 Å². The molecule has 1 aromatic rings. The molecule has 1 aliphatic rings. The zero-order valence-electron chi connectivity index (χ0n) is 8.20. The van der Waals surface area contributed by atoms with Crippen LogP contribution in [0.15, 0.2) is 18.3 Å². The van der Waals surface area contributed by atoms with Crippen molar-refractivity contribution in [2.75, 3.05) is 5.32 Å². The molecule has 0 radical (unpaired) electrons. The molecule has 1 fully saturated rings. The van der Waals surface area contributed by atoms with Gasteiger partial charge >= 0.3 is 0 Å². The Hall–Kier alpha value is -1.56. The van der Waals surface area contributed by atoms with E-state index in [1.165, 1.54) is 6.42 Å². The van der Waals surface area contributed by atoms with Gasteiger partial charge in [0.2, 0.25) is 0 Å². The Morgan fingerprint density at radius 1 is 1.71 bits per heavy atom. The molecule has 0 aromatic carbocycles. The predicted molar refractivity (Wildman–Crippen MR) is 54.7 cm³/mol. The lowest BCUT2D eigenvalue weighted by Gasteiger charge is -2.05. The van der Waals surface area contributed by atoms with Gasteiger partial charge in [-0.05, 0) is 24.5 Å². The number of aromatic nitrogens is 1. The van der Waals surface area contributed by atoms with Crippen LogP contribution in [-0.4, -0.2) is 11.0 Å². The molecule has 0 aliphatic heterocycles. The van der Waals surface area contributed by atoms with Crippen molar-refractivity contribution in [1.82, 2.24) is 4.98 Å². The van der Waals surface area contributed by atoms with Crippen LogP contribution in [-0.2, 0) is 6.42 Å². The van der Waals surface area contributed by atoms with Gasteiger partial charge in [-0.3, -0.25) is 4.98 Å². The van der Waals surface area contributed by atoms with Gasteiger partial charge in [0.1, 0.15) is 0 Å². The van der Waals surface area contributed by atoms with Crippen molar-refractivity contribution in [2.45, 2.75) is 25.8 Å². The van der Waals surface area contributed by atoms with Crippen LogP contribution in [0.25, 0.3) is 0 Å². The third-order valence-corrected chi connectivity index (χ3v) is 2.54. The lowest BCUT2D eigenvalue weighted by molar-refractivity contribution is 0.928. The van der Waals surface area contributed by atoms with Crippen LogP contribution >= 0.6 is 0 Å². The molecule has 2 rings (SSSR count). The molecule has 1 saturated carbocycles. The number of pyridine rings is 1. The fourth-order valence-electron chi connectivity index (χ4n) is 1.48. The molecular weight excluding hydrogens is 174 g/mol. The first-order chi connectivity index (χ1) is 6.79. The first-order valence-electron chi connectivity index (χ1n) is 4.88. The normalized spacial score (nSPS) is 24.0. The summed E-state index contributed by atoms with van der Waals surface area (Å²) in [5.41, 5.74) is 1.92. The van der Waals surface area contributed by atoms with Gasteiger partial charge in [0.05, 0.1) is 18.2 Å². The molecule has 2 atom stereocenters. The molecule has 3 nitrogen and oxygen atoms in total. The summed E-state index contributed by atoms with van der Waals surface area (Å²) < 4.78 is 0. The Bertz CT molecular complexity index is 367. The van der Waals surface area contributed by atoms with E-state index < -0.39 is 0 Å². The molecule has 3 heteroatoms. The van der Waals surface area contributed by atoms with Gasteiger partial charge in [0.15, 0.2) is 0 Å². The van der Waals surface area contributed by atoms with Crippen LogP contribution in [0.3, 0.4) is 0 Å². The van der Waals surface area contributed by atoms with Crippen LogP contribution in [0.5, 0.6) is 0 Å². The molecule has 14 heavy (non-hydrogen) atoms. The summed E-state index contributed by atoms with van der Waals surface area (Å²) in [6.07, 6.45) is 3.38. The van der Waals surface area contributed by atoms with Crippen LogP contribution < -0.4 is 5.32 Å². The maximum atomic E-state index is 8.54. The number of nitrogens with one attached hydrogen (secondary N) is 1. The summed E-state index contributed by atoms with van der Waals surface area (Å²) >= 11 is 0. The van der Waals surface area contributed by atoms with Crippen molar-refractivity contribution >= 4 is 5.69 Å². The third kappa shape index (κ3) is 2.02. The molecule has 1 N–H and O–H groups in total. The van der Waals surface area contributed by atoms with E-state index in [2.05, 4.69) is 23.3 Å². The summed E-state index contributed by atoms with van der Waals surface area (Å²) in [4.78, 5) is 4.11. The summed E-state index contributed by atoms with van der Waals surface area (Å²) in [6, 6.07) is 6.62. The van der Waals surface area contributed by atoms with E-state index >= 15 is 0 Å². The Labute approximate surface area is 83.8 Å². The maximum Gasteiger partial charge on any atom is 0.0775 e. The van der Waals surface area contributed by atoms with Crippen LogP contribution in [0.2, 0.25) is 0 Å². The summed E-state index contributed by atoms with van der Waals surface area (Å²) in [5.74, 6) is 0.780. The highest BCUT2D eigenvalue weighted by atomic mass is 15.0. The van der Waals surface area contributed by atoms with E-state index in [-0.39, 0.29) is 0 Å². The summed E-state index contributed by atoms with van der Waals surface area (Å²) in [5, 5.41) is 12.0. The Balaban J connectivity index is 2.03. The standard InChI is InChI=1S/C11H13N3/c1-8-6-11(8)14-10-3-5-13-9(7-10)2-4-12/h3,5,7-8,11H,2,6H2,1H3,(H,13,14)/t8-,11-/m1/s1. The van der Waals surface area contributed by atoms with Gasteiger partial charge in [0.25, 0.3) is 0 Å². The lowest BCUT2D eigenvalue weighted by atomic mass is 10.2. The van der Waals surface area contributed by atoms with Gasteiger partial charge in [-0.1, -0.05) is 6.92 Å². The number of anilines is 1. The quantitative estimate of drug-likeness (QED) is 0.787. The second-order valence-corrected chi connectivity index (χ2v) is 3.83. The zero-order valence-corrected chi connectivity index (χ0v) is 8.20.